The fourth-order valence-corrected chi connectivity index (χ4v) is 3.34. The topological polar surface area (TPSA) is 35.0 Å². The van der Waals surface area contributed by atoms with Crippen LogP contribution < -0.4 is 4.74 Å². The summed E-state index contributed by atoms with van der Waals surface area (Å²) >= 11 is 0. The molecule has 0 atom stereocenters. The summed E-state index contributed by atoms with van der Waals surface area (Å²) < 4.78 is 28.8. The van der Waals surface area contributed by atoms with E-state index in [0.717, 1.165) is 36.2 Å². The summed E-state index contributed by atoms with van der Waals surface area (Å²) in [7, 11) is 0. The third kappa shape index (κ3) is 6.90. The Hall–Kier alpha value is -2.82. The lowest BCUT2D eigenvalue weighted by Crippen LogP contribution is -2.01. The van der Waals surface area contributed by atoms with Crippen LogP contribution in [0.3, 0.4) is 0 Å². The van der Waals surface area contributed by atoms with E-state index in [9.17, 15) is 8.78 Å². The number of hydrogen-bond donors (Lipinski definition) is 0. The minimum atomic E-state index is -2.79. The van der Waals surface area contributed by atoms with Crippen molar-refractivity contribution in [3.05, 3.63) is 77.6 Å². The molecule has 0 bridgehead atoms. The molecular weight excluding hydrogens is 382 g/mol. The number of benzene rings is 2. The maximum atomic E-state index is 12.2. The zero-order chi connectivity index (χ0) is 21.2. The summed E-state index contributed by atoms with van der Waals surface area (Å²) in [4.78, 5) is 9.05. The average Bonchev–Trinajstić information content (AvgIpc) is 2.77. The molecule has 2 aromatic carbocycles. The molecule has 1 aromatic heterocycles. The van der Waals surface area contributed by atoms with Crippen LogP contribution in [0.15, 0.2) is 60.9 Å². The van der Waals surface area contributed by atoms with E-state index in [4.69, 9.17) is 0 Å². The van der Waals surface area contributed by atoms with Crippen LogP contribution in [0.5, 0.6) is 5.75 Å². The van der Waals surface area contributed by atoms with Crippen molar-refractivity contribution < 1.29 is 13.5 Å². The molecule has 30 heavy (non-hydrogen) atoms. The smallest absolute Gasteiger partial charge is 0.387 e. The predicted molar refractivity (Wildman–Crippen MR) is 116 cm³/mol. The number of hydrogen-bond acceptors (Lipinski definition) is 3. The van der Waals surface area contributed by atoms with Gasteiger partial charge in [0, 0.05) is 18.0 Å². The van der Waals surface area contributed by atoms with Crippen molar-refractivity contribution in [1.82, 2.24) is 9.97 Å². The Kier molecular flexibility index (Phi) is 8.30. The van der Waals surface area contributed by atoms with Crippen molar-refractivity contribution in [3.63, 3.8) is 0 Å². The van der Waals surface area contributed by atoms with Crippen molar-refractivity contribution in [2.45, 2.75) is 58.5 Å². The second-order valence-corrected chi connectivity index (χ2v) is 7.44. The quantitative estimate of drug-likeness (QED) is 0.332. The Morgan fingerprint density at radius 2 is 1.33 bits per heavy atom. The Morgan fingerprint density at radius 1 is 0.733 bits per heavy atom. The van der Waals surface area contributed by atoms with Crippen LogP contribution in [0, 0.1) is 0 Å². The molecule has 3 nitrogen and oxygen atoms in total. The predicted octanol–water partition coefficient (Wildman–Crippen LogP) is 6.65. The Morgan fingerprint density at radius 3 is 1.90 bits per heavy atom. The highest BCUT2D eigenvalue weighted by Crippen LogP contribution is 2.19. The number of unbranched alkanes of at least 4 members (excludes halogenated alkanes) is 3. The molecule has 0 unspecified atom stereocenters. The SMILES string of the molecule is CCCCCCc1cnc(-c2ccc(CCc3ccc(OC(F)F)cc3)cc2)nc1. The van der Waals surface area contributed by atoms with Gasteiger partial charge in [-0.15, -0.1) is 0 Å². The molecule has 158 valence electrons. The molecule has 5 heteroatoms. The van der Waals surface area contributed by atoms with Gasteiger partial charge in [0.05, 0.1) is 0 Å². The van der Waals surface area contributed by atoms with Crippen LogP contribution in [0.4, 0.5) is 8.78 Å². The fourth-order valence-electron chi connectivity index (χ4n) is 3.34. The molecule has 1 heterocycles. The molecule has 0 aliphatic rings. The van der Waals surface area contributed by atoms with Gasteiger partial charge in [0.15, 0.2) is 5.82 Å². The highest BCUT2D eigenvalue weighted by atomic mass is 19.3. The molecular formula is C25H28F2N2O. The minimum absolute atomic E-state index is 0.185. The normalized spacial score (nSPS) is 11.1. The van der Waals surface area contributed by atoms with Crippen molar-refractivity contribution in [3.8, 4) is 17.1 Å². The lowest BCUT2D eigenvalue weighted by Gasteiger charge is -2.07. The first-order valence-corrected chi connectivity index (χ1v) is 10.6. The van der Waals surface area contributed by atoms with Crippen LogP contribution in [-0.4, -0.2) is 16.6 Å². The maximum Gasteiger partial charge on any atom is 0.387 e. The molecule has 0 radical (unpaired) electrons. The zero-order valence-corrected chi connectivity index (χ0v) is 17.4. The largest absolute Gasteiger partial charge is 0.435 e. The first-order valence-electron chi connectivity index (χ1n) is 10.6. The van der Waals surface area contributed by atoms with Crippen molar-refractivity contribution in [2.24, 2.45) is 0 Å². The van der Waals surface area contributed by atoms with Crippen molar-refractivity contribution >= 4 is 0 Å². The van der Waals surface area contributed by atoms with Gasteiger partial charge in [-0.2, -0.15) is 8.78 Å². The van der Waals surface area contributed by atoms with Gasteiger partial charge in [-0.1, -0.05) is 62.6 Å². The summed E-state index contributed by atoms with van der Waals surface area (Å²) in [6.45, 7) is -0.574. The highest BCUT2D eigenvalue weighted by Gasteiger charge is 2.05. The third-order valence-electron chi connectivity index (χ3n) is 5.09. The lowest BCUT2D eigenvalue weighted by atomic mass is 10.0. The zero-order valence-electron chi connectivity index (χ0n) is 17.4. The molecule has 0 saturated carbocycles. The number of nitrogens with zero attached hydrogens (tertiary/aromatic N) is 2. The number of aromatic nitrogens is 2. The van der Waals surface area contributed by atoms with E-state index < -0.39 is 6.61 Å². The molecule has 0 saturated heterocycles. The van der Waals surface area contributed by atoms with Gasteiger partial charge in [-0.3, -0.25) is 0 Å². The summed E-state index contributed by atoms with van der Waals surface area (Å²) in [5.41, 5.74) is 4.49. The minimum Gasteiger partial charge on any atom is -0.435 e. The summed E-state index contributed by atoms with van der Waals surface area (Å²) in [6, 6.07) is 15.1. The summed E-state index contributed by atoms with van der Waals surface area (Å²) in [5.74, 6) is 0.929. The number of halogens is 2. The van der Waals surface area contributed by atoms with Crippen LogP contribution >= 0.6 is 0 Å². The van der Waals surface area contributed by atoms with E-state index >= 15 is 0 Å². The first kappa shape index (κ1) is 21.9. The van der Waals surface area contributed by atoms with E-state index in [1.165, 1.54) is 36.8 Å². The fraction of sp³-hybridized carbons (Fsp3) is 0.360. The van der Waals surface area contributed by atoms with Gasteiger partial charge in [-0.25, -0.2) is 9.97 Å². The van der Waals surface area contributed by atoms with Crippen LogP contribution in [0.2, 0.25) is 0 Å². The highest BCUT2D eigenvalue weighted by molar-refractivity contribution is 5.55. The van der Waals surface area contributed by atoms with Gasteiger partial charge in [0.2, 0.25) is 0 Å². The number of ether oxygens (including phenoxy) is 1. The lowest BCUT2D eigenvalue weighted by molar-refractivity contribution is -0.0498. The second kappa shape index (κ2) is 11.4. The van der Waals surface area contributed by atoms with E-state index in [1.807, 2.05) is 36.7 Å². The summed E-state index contributed by atoms with van der Waals surface area (Å²) in [6.07, 6.45) is 11.6. The van der Waals surface area contributed by atoms with E-state index in [1.54, 1.807) is 12.1 Å². The van der Waals surface area contributed by atoms with Gasteiger partial charge in [0.1, 0.15) is 5.75 Å². The van der Waals surface area contributed by atoms with E-state index in [0.29, 0.717) is 0 Å². The molecule has 3 aromatic rings. The molecule has 0 fully saturated rings. The molecule has 0 amide bonds. The Bertz CT molecular complexity index is 879. The van der Waals surface area contributed by atoms with Crippen molar-refractivity contribution in [1.29, 1.82) is 0 Å². The first-order chi connectivity index (χ1) is 14.6. The number of aryl methyl sites for hydroxylation is 3. The van der Waals surface area contributed by atoms with Gasteiger partial charge in [-0.05, 0) is 54.5 Å². The number of alkyl halides is 2. The number of rotatable bonds is 11. The van der Waals surface area contributed by atoms with E-state index in [-0.39, 0.29) is 5.75 Å². The molecule has 0 N–H and O–H groups in total. The summed E-state index contributed by atoms with van der Waals surface area (Å²) in [5, 5.41) is 0. The Balaban J connectivity index is 1.51. The molecule has 0 aliphatic heterocycles. The molecule has 0 spiro atoms. The van der Waals surface area contributed by atoms with Crippen LogP contribution in [0.25, 0.3) is 11.4 Å². The van der Waals surface area contributed by atoms with Crippen LogP contribution in [-0.2, 0) is 19.3 Å². The van der Waals surface area contributed by atoms with Gasteiger partial charge < -0.3 is 4.74 Å². The molecule has 0 aliphatic carbocycles. The van der Waals surface area contributed by atoms with Crippen molar-refractivity contribution in [2.75, 3.05) is 0 Å². The van der Waals surface area contributed by atoms with E-state index in [2.05, 4.69) is 33.8 Å². The standard InChI is InChI=1S/C25H28F2N2O/c1-2-3-4-5-6-21-17-28-24(29-18-21)22-13-9-19(10-14-22)7-8-20-11-15-23(16-12-20)30-25(26)27/h9-18,25H,2-8H2,1H3. The van der Waals surface area contributed by atoms with Crippen LogP contribution in [0.1, 0.15) is 49.3 Å². The third-order valence-corrected chi connectivity index (χ3v) is 5.09. The maximum absolute atomic E-state index is 12.2. The monoisotopic (exact) mass is 410 g/mol. The van der Waals surface area contributed by atoms with Gasteiger partial charge in [0.25, 0.3) is 0 Å². The van der Waals surface area contributed by atoms with Gasteiger partial charge >= 0.3 is 6.61 Å². The average molecular weight is 411 g/mol. The molecule has 3 rings (SSSR count). The second-order valence-electron chi connectivity index (χ2n) is 7.44. The Labute approximate surface area is 177 Å².